The monoisotopic (exact) mass is 455 g/mol. The Morgan fingerprint density at radius 2 is 1.85 bits per heavy atom. The van der Waals surface area contributed by atoms with Crippen molar-refractivity contribution in [2.24, 2.45) is 0 Å². The maximum Gasteiger partial charge on any atom is 0.338 e. The van der Waals surface area contributed by atoms with Gasteiger partial charge in [-0.25, -0.2) is 4.79 Å². The van der Waals surface area contributed by atoms with E-state index in [4.69, 9.17) is 14.2 Å². The molecule has 2 aromatic carbocycles. The van der Waals surface area contributed by atoms with E-state index < -0.39 is 5.97 Å². The van der Waals surface area contributed by atoms with Gasteiger partial charge in [0.05, 0.1) is 23.8 Å². The Morgan fingerprint density at radius 1 is 1.03 bits per heavy atom. The van der Waals surface area contributed by atoms with Crippen molar-refractivity contribution in [3.05, 3.63) is 95.8 Å². The molecule has 4 aromatic rings. The lowest BCUT2D eigenvalue weighted by Gasteiger charge is -2.09. The van der Waals surface area contributed by atoms with Crippen LogP contribution in [0.3, 0.4) is 0 Å². The van der Waals surface area contributed by atoms with Crippen LogP contribution >= 0.6 is 0 Å². The van der Waals surface area contributed by atoms with Crippen molar-refractivity contribution in [2.75, 3.05) is 19.0 Å². The quantitative estimate of drug-likeness (QED) is 0.400. The van der Waals surface area contributed by atoms with E-state index in [1.807, 2.05) is 28.8 Å². The number of methoxy groups -OCH3 is 1. The lowest BCUT2D eigenvalue weighted by molar-refractivity contribution is -0.118. The molecule has 0 atom stereocenters. The van der Waals surface area contributed by atoms with Crippen molar-refractivity contribution in [3.8, 4) is 17.6 Å². The summed E-state index contributed by atoms with van der Waals surface area (Å²) in [5.74, 6) is 0.213. The smallest absolute Gasteiger partial charge is 0.338 e. The van der Waals surface area contributed by atoms with Crippen molar-refractivity contribution in [1.82, 2.24) is 4.40 Å². The Labute approximate surface area is 195 Å². The third-order valence-electron chi connectivity index (χ3n) is 5.05. The molecule has 8 heteroatoms. The van der Waals surface area contributed by atoms with Crippen molar-refractivity contribution >= 4 is 23.1 Å². The highest BCUT2D eigenvalue weighted by atomic mass is 16.5. The van der Waals surface area contributed by atoms with E-state index in [0.717, 1.165) is 5.52 Å². The fraction of sp³-hybridized carbons (Fsp3) is 0.115. The van der Waals surface area contributed by atoms with Gasteiger partial charge in [-0.15, -0.1) is 0 Å². The largest absolute Gasteiger partial charge is 0.497 e. The Kier molecular flexibility index (Phi) is 6.75. The number of amides is 1. The molecule has 0 saturated carbocycles. The average Bonchev–Trinajstić information content (AvgIpc) is 3.24. The number of hydrogen-bond donors (Lipinski definition) is 1. The van der Waals surface area contributed by atoms with Gasteiger partial charge in [0.25, 0.3) is 5.91 Å². The number of aromatic nitrogens is 1. The van der Waals surface area contributed by atoms with Gasteiger partial charge in [0.2, 0.25) is 0 Å². The van der Waals surface area contributed by atoms with Gasteiger partial charge in [-0.3, -0.25) is 4.79 Å². The highest BCUT2D eigenvalue weighted by Crippen LogP contribution is 2.20. The molecule has 1 N–H and O–H groups in total. The molecule has 0 spiro atoms. The number of nitriles is 1. The van der Waals surface area contributed by atoms with Crippen LogP contribution in [0.1, 0.15) is 21.5 Å². The minimum absolute atomic E-state index is 0.0217. The summed E-state index contributed by atoms with van der Waals surface area (Å²) in [7, 11) is 1.55. The van der Waals surface area contributed by atoms with E-state index in [0.29, 0.717) is 33.9 Å². The molecule has 0 aliphatic carbocycles. The molecule has 0 bridgehead atoms. The first-order chi connectivity index (χ1) is 16.6. The number of carbonyl (C=O) groups is 2. The van der Waals surface area contributed by atoms with Crippen molar-refractivity contribution in [2.45, 2.75) is 6.61 Å². The molecule has 2 heterocycles. The number of hydrogen-bond acceptors (Lipinski definition) is 6. The lowest BCUT2D eigenvalue weighted by atomic mass is 10.2. The van der Waals surface area contributed by atoms with Gasteiger partial charge in [-0.1, -0.05) is 12.1 Å². The second-order valence-electron chi connectivity index (χ2n) is 7.30. The third kappa shape index (κ3) is 5.16. The summed E-state index contributed by atoms with van der Waals surface area (Å²) in [4.78, 5) is 24.6. The number of rotatable bonds is 8. The minimum atomic E-state index is -0.526. The lowest BCUT2D eigenvalue weighted by Crippen LogP contribution is -2.20. The molecule has 4 rings (SSSR count). The van der Waals surface area contributed by atoms with Gasteiger partial charge in [-0.2, -0.15) is 5.26 Å². The molecule has 0 saturated heterocycles. The zero-order valence-electron chi connectivity index (χ0n) is 18.4. The molecule has 2 aromatic heterocycles. The van der Waals surface area contributed by atoms with Crippen LogP contribution in [0.4, 0.5) is 5.69 Å². The van der Waals surface area contributed by atoms with Gasteiger partial charge in [0, 0.05) is 29.7 Å². The Balaban J connectivity index is 1.30. The van der Waals surface area contributed by atoms with Gasteiger partial charge >= 0.3 is 5.97 Å². The Hall–Kier alpha value is -4.77. The molecule has 0 aliphatic heterocycles. The molecular weight excluding hydrogens is 434 g/mol. The Morgan fingerprint density at radius 3 is 2.62 bits per heavy atom. The highest BCUT2D eigenvalue weighted by Gasteiger charge is 2.14. The average molecular weight is 455 g/mol. The number of fused-ring (bicyclic) bond motifs is 1. The first-order valence-corrected chi connectivity index (χ1v) is 10.4. The molecule has 0 aliphatic rings. The fourth-order valence-electron chi connectivity index (χ4n) is 3.38. The summed E-state index contributed by atoms with van der Waals surface area (Å²) >= 11 is 0. The Bertz CT molecular complexity index is 1370. The number of esters is 1. The summed E-state index contributed by atoms with van der Waals surface area (Å²) in [5, 5.41) is 12.2. The van der Waals surface area contributed by atoms with Crippen LogP contribution in [0.25, 0.3) is 5.52 Å². The second kappa shape index (κ2) is 10.2. The molecule has 0 fully saturated rings. The van der Waals surface area contributed by atoms with Gasteiger partial charge in [-0.05, 0) is 48.5 Å². The van der Waals surface area contributed by atoms with Crippen LogP contribution in [-0.2, 0) is 16.1 Å². The van der Waals surface area contributed by atoms with Crippen LogP contribution in [0.5, 0.6) is 11.5 Å². The first kappa shape index (κ1) is 22.4. The van der Waals surface area contributed by atoms with Crippen LogP contribution in [0.15, 0.2) is 79.1 Å². The van der Waals surface area contributed by atoms with Crippen LogP contribution in [0.2, 0.25) is 0 Å². The number of carbonyl (C=O) groups excluding carboxylic acids is 2. The summed E-state index contributed by atoms with van der Waals surface area (Å²) in [6, 6.07) is 21.0. The molecule has 8 nitrogen and oxygen atoms in total. The van der Waals surface area contributed by atoms with Crippen LogP contribution in [0, 0.1) is 11.3 Å². The SMILES string of the molecule is COc1cccc(NC(=O)COc2ccc(C(=O)OCc3cn4ccccc4c3C#N)cc2)c1. The summed E-state index contributed by atoms with van der Waals surface area (Å²) in [6.07, 6.45) is 3.60. The number of nitrogens with one attached hydrogen (secondary N) is 1. The topological polar surface area (TPSA) is 102 Å². The van der Waals surface area contributed by atoms with E-state index in [1.165, 1.54) is 0 Å². The van der Waals surface area contributed by atoms with Crippen molar-refractivity contribution in [1.29, 1.82) is 5.26 Å². The first-order valence-electron chi connectivity index (χ1n) is 10.4. The minimum Gasteiger partial charge on any atom is -0.497 e. The highest BCUT2D eigenvalue weighted by molar-refractivity contribution is 5.92. The van der Waals surface area contributed by atoms with Crippen LogP contribution < -0.4 is 14.8 Å². The zero-order chi connectivity index (χ0) is 23.9. The van der Waals surface area contributed by atoms with Crippen LogP contribution in [-0.4, -0.2) is 30.0 Å². The second-order valence-corrected chi connectivity index (χ2v) is 7.30. The standard InChI is InChI=1S/C26H21N3O5/c1-32-22-6-4-5-20(13-22)28-25(30)17-33-21-10-8-18(9-11-21)26(31)34-16-19-15-29-12-3-2-7-24(29)23(19)14-27/h2-13,15H,16-17H2,1H3,(H,28,30). The summed E-state index contributed by atoms with van der Waals surface area (Å²) in [5.41, 5.74) is 2.79. The van der Waals surface area contributed by atoms with Crippen molar-refractivity contribution in [3.63, 3.8) is 0 Å². The summed E-state index contributed by atoms with van der Waals surface area (Å²) in [6.45, 7) is -0.216. The maximum atomic E-state index is 12.4. The molecule has 1 amide bonds. The molecule has 0 unspecified atom stereocenters. The maximum absolute atomic E-state index is 12.4. The number of anilines is 1. The molecule has 34 heavy (non-hydrogen) atoms. The zero-order valence-corrected chi connectivity index (χ0v) is 18.4. The normalized spacial score (nSPS) is 10.4. The third-order valence-corrected chi connectivity index (χ3v) is 5.05. The van der Waals surface area contributed by atoms with E-state index in [1.54, 1.807) is 61.8 Å². The molecule has 0 radical (unpaired) electrons. The number of benzene rings is 2. The van der Waals surface area contributed by atoms with Crippen molar-refractivity contribution < 1.29 is 23.8 Å². The van der Waals surface area contributed by atoms with E-state index in [2.05, 4.69) is 11.4 Å². The predicted molar refractivity (Wildman–Crippen MR) is 125 cm³/mol. The molecule has 170 valence electrons. The molecular formula is C26H21N3O5. The van der Waals surface area contributed by atoms with Gasteiger partial charge in [0.1, 0.15) is 24.2 Å². The number of pyridine rings is 1. The number of ether oxygens (including phenoxy) is 3. The van der Waals surface area contributed by atoms with E-state index in [9.17, 15) is 14.9 Å². The van der Waals surface area contributed by atoms with E-state index in [-0.39, 0.29) is 19.1 Å². The fourth-order valence-corrected chi connectivity index (χ4v) is 3.38. The van der Waals surface area contributed by atoms with E-state index >= 15 is 0 Å². The van der Waals surface area contributed by atoms with Gasteiger partial charge in [0.15, 0.2) is 6.61 Å². The number of nitrogens with zero attached hydrogens (tertiary/aromatic N) is 2. The van der Waals surface area contributed by atoms with Gasteiger partial charge < -0.3 is 23.9 Å². The predicted octanol–water partition coefficient (Wildman–Crippen LogP) is 4.19. The summed E-state index contributed by atoms with van der Waals surface area (Å²) < 4.78 is 17.8.